The maximum atomic E-state index is 13.0. The van der Waals surface area contributed by atoms with Crippen molar-refractivity contribution in [2.75, 3.05) is 27.4 Å². The Kier molecular flexibility index (Phi) is 24.1. The number of amides is 3. The summed E-state index contributed by atoms with van der Waals surface area (Å²) in [6.45, 7) is 27.2. The number of Topliss-reactive ketones (excluding diaryl/α,β-unsaturated/α-hetero) is 1. The van der Waals surface area contributed by atoms with Crippen LogP contribution < -0.4 is 31.4 Å². The van der Waals surface area contributed by atoms with Crippen LogP contribution in [0.1, 0.15) is 135 Å². The Hall–Kier alpha value is -8.27. The minimum atomic E-state index is -2.74. The van der Waals surface area contributed by atoms with Gasteiger partial charge in [-0.3, -0.25) is 14.4 Å². The minimum Gasteiger partial charge on any atom is -0.444 e. The molecule has 2 aromatic heterocycles. The molecule has 3 amide bonds. The molecule has 0 aliphatic rings. The van der Waals surface area contributed by atoms with E-state index in [9.17, 15) is 19.2 Å². The summed E-state index contributed by atoms with van der Waals surface area (Å²) >= 11 is 0. The molecular weight excluding hydrogens is 1200 g/mol. The number of rotatable bonds is 23. The number of hydroxylamine groups is 2. The quantitative estimate of drug-likeness (QED) is 0.0354. The van der Waals surface area contributed by atoms with E-state index in [0.717, 1.165) is 33.0 Å². The summed E-state index contributed by atoms with van der Waals surface area (Å²) in [6, 6.07) is 57.9. The SMILES string of the molecule is CC(=O)c1nc(-c2ccc(C[C@@H](CCO[Si](c3ccccc3)(c3ccccc3)C(C)(C)C)NC(=O)OC(C)(C)C)cc2)cn1C.CON(C)C(=O)c1nc(-c2ccc(C[C@@H](CCO[Si](c3ccccc3)(c3ccccc3)C(C)(C)C)NC(=O)OC(C)(C)C)cc2)cn1C. The second-order valence-electron chi connectivity index (χ2n) is 27.8. The molecule has 0 bridgehead atoms. The van der Waals surface area contributed by atoms with Gasteiger partial charge in [-0.2, -0.15) is 0 Å². The van der Waals surface area contributed by atoms with Crippen molar-refractivity contribution in [3.63, 3.8) is 0 Å². The zero-order chi connectivity index (χ0) is 67.9. The lowest BCUT2D eigenvalue weighted by Crippen LogP contribution is -2.66. The summed E-state index contributed by atoms with van der Waals surface area (Å²) in [5.74, 6) is 0.300. The van der Waals surface area contributed by atoms with Crippen LogP contribution in [-0.2, 0) is 50.1 Å². The van der Waals surface area contributed by atoms with Crippen molar-refractivity contribution < 1.29 is 42.3 Å². The second-order valence-corrected chi connectivity index (χ2v) is 36.4. The van der Waals surface area contributed by atoms with Gasteiger partial charge in [-0.15, -0.1) is 0 Å². The lowest BCUT2D eigenvalue weighted by atomic mass is 10.0. The number of hydrogen-bond donors (Lipinski definition) is 2. The predicted molar refractivity (Wildman–Crippen MR) is 376 cm³/mol. The first-order valence-corrected chi connectivity index (χ1v) is 35.7. The number of benzene rings is 6. The van der Waals surface area contributed by atoms with Crippen molar-refractivity contribution in [2.24, 2.45) is 14.1 Å². The van der Waals surface area contributed by atoms with E-state index >= 15 is 0 Å². The molecule has 0 radical (unpaired) electrons. The molecule has 0 saturated heterocycles. The summed E-state index contributed by atoms with van der Waals surface area (Å²) in [5, 5.41) is 11.9. The van der Waals surface area contributed by atoms with Crippen LogP contribution in [0.2, 0.25) is 10.1 Å². The molecule has 18 heteroatoms. The second kappa shape index (κ2) is 31.1. The summed E-state index contributed by atoms with van der Waals surface area (Å²) in [4.78, 5) is 64.6. The molecule has 93 heavy (non-hydrogen) atoms. The lowest BCUT2D eigenvalue weighted by molar-refractivity contribution is -0.0766. The van der Waals surface area contributed by atoms with E-state index in [2.05, 4.69) is 159 Å². The number of imidazole rings is 2. The molecule has 0 aliphatic carbocycles. The number of aryl methyl sites for hydroxylation is 2. The van der Waals surface area contributed by atoms with Crippen LogP contribution in [0.25, 0.3) is 22.5 Å². The number of aromatic nitrogens is 4. The first-order chi connectivity index (χ1) is 43.8. The maximum Gasteiger partial charge on any atom is 0.407 e. The number of hydrogen-bond acceptors (Lipinski definition) is 11. The van der Waals surface area contributed by atoms with Gasteiger partial charge in [0.15, 0.2) is 11.6 Å². The molecule has 0 aliphatic heterocycles. The van der Waals surface area contributed by atoms with E-state index in [1.807, 2.05) is 134 Å². The zero-order valence-corrected chi connectivity index (χ0v) is 59.6. The maximum absolute atomic E-state index is 13.0. The van der Waals surface area contributed by atoms with E-state index in [1.54, 1.807) is 23.2 Å². The lowest BCUT2D eigenvalue weighted by Gasteiger charge is -2.43. The Morgan fingerprint density at radius 3 is 1.08 bits per heavy atom. The van der Waals surface area contributed by atoms with Gasteiger partial charge in [-0.1, -0.05) is 211 Å². The van der Waals surface area contributed by atoms with Crippen molar-refractivity contribution in [3.8, 4) is 22.5 Å². The Morgan fingerprint density at radius 1 is 0.484 bits per heavy atom. The molecule has 8 aromatic rings. The molecule has 0 unspecified atom stereocenters. The van der Waals surface area contributed by atoms with Gasteiger partial charge >= 0.3 is 18.1 Å². The van der Waals surface area contributed by atoms with Crippen LogP contribution in [-0.4, -0.2) is 115 Å². The average Bonchev–Trinajstić information content (AvgIpc) is 1.47. The molecule has 2 atom stereocenters. The monoisotopic (exact) mass is 1300 g/mol. The Balaban J connectivity index is 0.000000264. The van der Waals surface area contributed by atoms with Gasteiger partial charge < -0.3 is 38.1 Å². The molecule has 6 aromatic carbocycles. The van der Waals surface area contributed by atoms with Crippen molar-refractivity contribution in [1.82, 2.24) is 34.8 Å². The van der Waals surface area contributed by atoms with Crippen molar-refractivity contribution in [1.29, 1.82) is 0 Å². The molecule has 0 spiro atoms. The summed E-state index contributed by atoms with van der Waals surface area (Å²) in [7, 11) is 1.13. The Labute approximate surface area is 553 Å². The van der Waals surface area contributed by atoms with E-state index in [1.165, 1.54) is 34.8 Å². The molecular formula is C75H97N7O9Si2. The highest BCUT2D eigenvalue weighted by Gasteiger charge is 2.51. The Morgan fingerprint density at radius 2 is 0.796 bits per heavy atom. The molecule has 16 nitrogen and oxygen atoms in total. The topological polar surface area (TPSA) is 177 Å². The van der Waals surface area contributed by atoms with Crippen LogP contribution in [0.15, 0.2) is 182 Å². The van der Waals surface area contributed by atoms with E-state index < -0.39 is 40.0 Å². The van der Waals surface area contributed by atoms with E-state index in [0.29, 0.717) is 50.4 Å². The molecule has 494 valence electrons. The summed E-state index contributed by atoms with van der Waals surface area (Å²) < 4.78 is 29.0. The number of nitrogens with zero attached hydrogens (tertiary/aromatic N) is 5. The van der Waals surface area contributed by atoms with Gasteiger partial charge in [0.1, 0.15) is 11.2 Å². The van der Waals surface area contributed by atoms with Gasteiger partial charge in [-0.25, -0.2) is 24.6 Å². The first kappa shape index (κ1) is 72.2. The highest BCUT2D eigenvalue weighted by atomic mass is 28.4. The van der Waals surface area contributed by atoms with Crippen LogP contribution >= 0.6 is 0 Å². The van der Waals surface area contributed by atoms with Crippen molar-refractivity contribution >= 4 is 61.3 Å². The molecule has 0 fully saturated rings. The molecule has 2 N–H and O–H groups in total. The van der Waals surface area contributed by atoms with Gasteiger partial charge in [0.2, 0.25) is 5.82 Å². The van der Waals surface area contributed by atoms with Crippen LogP contribution in [0.4, 0.5) is 9.59 Å². The van der Waals surface area contributed by atoms with Crippen LogP contribution in [0.3, 0.4) is 0 Å². The summed E-state index contributed by atoms with van der Waals surface area (Å²) in [5.41, 5.74) is 4.10. The highest BCUT2D eigenvalue weighted by molar-refractivity contribution is 7.00. The average molecular weight is 1300 g/mol. The third-order valence-corrected chi connectivity index (χ3v) is 26.2. The molecule has 0 saturated carbocycles. The number of alkyl carbamates (subject to hydrolysis) is 2. The number of carbonyl (C=O) groups excluding carboxylic acids is 4. The molecule has 8 rings (SSSR count). The number of carbonyl (C=O) groups is 4. The van der Waals surface area contributed by atoms with E-state index in [-0.39, 0.29) is 39.7 Å². The van der Waals surface area contributed by atoms with Crippen molar-refractivity contribution in [3.05, 3.63) is 205 Å². The van der Waals surface area contributed by atoms with Gasteiger partial charge in [0.05, 0.1) is 18.5 Å². The fourth-order valence-electron chi connectivity index (χ4n) is 11.8. The largest absolute Gasteiger partial charge is 0.444 e. The fraction of sp³-hybridized carbons (Fsp3) is 0.387. The van der Waals surface area contributed by atoms with Crippen molar-refractivity contribution in [2.45, 2.75) is 149 Å². The standard InChI is InChI=1S/C38H50N4O5Si.C37H47N3O4Si/c1-37(2,3)47-36(44)39-30(26-28-20-22-29(23-21-28)33-27-41(7)34(40-33)35(43)42(8)45-9)24-25-46-48(38(4,5)6,31-16-12-10-13-17-31)32-18-14-11-15-19-32;1-27(41)34-39-33(26-40(34)8)29-21-19-28(20-22-29)25-30(38-35(42)44-36(2,3)4)23-24-43-45(37(5,6)7,31-15-11-9-12-16-31)32-17-13-10-14-18-32/h10-23,27,30H,24-26H2,1-9H3,(H,39,44);9-22,26,30H,23-25H2,1-8H3,(H,38,42)/t2*30-/m11/s1. The molecule has 2 heterocycles. The summed E-state index contributed by atoms with van der Waals surface area (Å²) in [6.07, 6.45) is 5.15. The van der Waals surface area contributed by atoms with Crippen LogP contribution in [0.5, 0.6) is 0 Å². The van der Waals surface area contributed by atoms with Gasteiger partial charge in [-0.05, 0) is 109 Å². The highest BCUT2D eigenvalue weighted by Crippen LogP contribution is 2.38. The first-order valence-electron chi connectivity index (χ1n) is 31.9. The Bertz CT molecular complexity index is 3630. The van der Waals surface area contributed by atoms with E-state index in [4.69, 9.17) is 23.2 Å². The predicted octanol–water partition coefficient (Wildman–Crippen LogP) is 12.8. The normalized spacial score (nSPS) is 12.8. The fourth-order valence-corrected chi connectivity index (χ4v) is 20.9. The number of ketones is 1. The van der Waals surface area contributed by atoms with Gasteiger partial charge in [0.25, 0.3) is 16.6 Å². The minimum absolute atomic E-state index is 0.0725. The third-order valence-electron chi connectivity index (χ3n) is 16.1. The van der Waals surface area contributed by atoms with Gasteiger partial charge in [0, 0.05) is 76.9 Å². The van der Waals surface area contributed by atoms with Crippen LogP contribution in [0, 0.1) is 0 Å². The third kappa shape index (κ3) is 19.0. The zero-order valence-electron chi connectivity index (χ0n) is 57.6. The number of nitrogens with one attached hydrogen (secondary N) is 2. The number of ether oxygens (including phenoxy) is 2. The smallest absolute Gasteiger partial charge is 0.407 e.